The Balaban J connectivity index is 0.00000156. The SMILES string of the molecule is Cl.Cl.NCC1(CC(=O)Nc2ccc(-n3cncn3)nc2)CCCCC1. The van der Waals surface area contributed by atoms with E-state index in [1.54, 1.807) is 23.3 Å². The molecule has 0 spiro atoms. The number of hydrogen-bond donors (Lipinski definition) is 2. The maximum Gasteiger partial charge on any atom is 0.225 e. The van der Waals surface area contributed by atoms with E-state index >= 15 is 0 Å². The minimum atomic E-state index is -0.0313. The van der Waals surface area contributed by atoms with Crippen LogP contribution in [0.5, 0.6) is 0 Å². The summed E-state index contributed by atoms with van der Waals surface area (Å²) in [6.45, 7) is 0.573. The molecule has 25 heavy (non-hydrogen) atoms. The third-order valence-corrected chi connectivity index (χ3v) is 4.57. The van der Waals surface area contributed by atoms with Gasteiger partial charge in [-0.3, -0.25) is 4.79 Å². The zero-order valence-electron chi connectivity index (χ0n) is 13.9. The fraction of sp³-hybridized carbons (Fsp3) is 0.500. The molecule has 2 aromatic heterocycles. The molecule has 3 N–H and O–H groups in total. The fourth-order valence-corrected chi connectivity index (χ4v) is 3.22. The van der Waals surface area contributed by atoms with Crippen molar-refractivity contribution in [2.75, 3.05) is 11.9 Å². The molecule has 9 heteroatoms. The Morgan fingerprint density at radius 3 is 2.56 bits per heavy atom. The lowest BCUT2D eigenvalue weighted by Gasteiger charge is -2.35. The third kappa shape index (κ3) is 5.39. The lowest BCUT2D eigenvalue weighted by molar-refractivity contribution is -0.118. The molecule has 1 aliphatic carbocycles. The first-order valence-electron chi connectivity index (χ1n) is 8.02. The van der Waals surface area contributed by atoms with Crippen molar-refractivity contribution in [2.45, 2.75) is 38.5 Å². The van der Waals surface area contributed by atoms with E-state index in [-0.39, 0.29) is 36.1 Å². The zero-order valence-corrected chi connectivity index (χ0v) is 15.6. The molecule has 0 bridgehead atoms. The highest BCUT2D eigenvalue weighted by molar-refractivity contribution is 5.91. The highest BCUT2D eigenvalue weighted by Gasteiger charge is 2.32. The predicted octanol–water partition coefficient (Wildman–Crippen LogP) is 2.74. The molecular weight excluding hydrogens is 363 g/mol. The molecule has 138 valence electrons. The first-order chi connectivity index (χ1) is 11.2. The van der Waals surface area contributed by atoms with Crippen LogP contribution in [0.25, 0.3) is 5.82 Å². The number of hydrogen-bond acceptors (Lipinski definition) is 5. The second-order valence-corrected chi connectivity index (χ2v) is 6.23. The number of nitrogens with two attached hydrogens (primary N) is 1. The molecule has 0 aliphatic heterocycles. The standard InChI is InChI=1S/C16H22N6O.2ClH/c17-10-16(6-2-1-3-7-16)8-15(23)21-13-4-5-14(19-9-13)22-12-18-11-20-22;;/h4-5,9,11-12H,1-3,6-8,10,17H2,(H,21,23);2*1H. The number of carbonyl (C=O) groups is 1. The van der Waals surface area contributed by atoms with Gasteiger partial charge in [0.25, 0.3) is 0 Å². The number of halogens is 2. The summed E-state index contributed by atoms with van der Waals surface area (Å²) < 4.78 is 1.57. The minimum Gasteiger partial charge on any atom is -0.330 e. The van der Waals surface area contributed by atoms with Crippen molar-refractivity contribution in [2.24, 2.45) is 11.1 Å². The monoisotopic (exact) mass is 386 g/mol. The Hall–Kier alpha value is -1.70. The van der Waals surface area contributed by atoms with E-state index in [2.05, 4.69) is 20.4 Å². The molecule has 1 fully saturated rings. The minimum absolute atomic E-state index is 0. The van der Waals surface area contributed by atoms with Crippen molar-refractivity contribution in [3.8, 4) is 5.82 Å². The van der Waals surface area contributed by atoms with Gasteiger partial charge in [-0.15, -0.1) is 24.8 Å². The predicted molar refractivity (Wildman–Crippen MR) is 101 cm³/mol. The van der Waals surface area contributed by atoms with Gasteiger partial charge in [-0.05, 0) is 36.9 Å². The van der Waals surface area contributed by atoms with Gasteiger partial charge in [-0.1, -0.05) is 19.3 Å². The van der Waals surface area contributed by atoms with Crippen LogP contribution in [0.3, 0.4) is 0 Å². The van der Waals surface area contributed by atoms with Gasteiger partial charge in [0.05, 0.1) is 11.9 Å². The van der Waals surface area contributed by atoms with Crippen LogP contribution >= 0.6 is 24.8 Å². The van der Waals surface area contributed by atoms with E-state index in [1.165, 1.54) is 25.6 Å². The van der Waals surface area contributed by atoms with Gasteiger partial charge < -0.3 is 11.1 Å². The largest absolute Gasteiger partial charge is 0.330 e. The Morgan fingerprint density at radius 2 is 2.00 bits per heavy atom. The quantitative estimate of drug-likeness (QED) is 0.822. The van der Waals surface area contributed by atoms with Gasteiger partial charge in [-0.2, -0.15) is 5.10 Å². The van der Waals surface area contributed by atoms with E-state index in [0.717, 1.165) is 12.8 Å². The smallest absolute Gasteiger partial charge is 0.225 e. The molecule has 0 atom stereocenters. The summed E-state index contributed by atoms with van der Waals surface area (Å²) >= 11 is 0. The summed E-state index contributed by atoms with van der Waals surface area (Å²) in [6, 6.07) is 3.61. The second kappa shape index (κ2) is 9.70. The Bertz CT molecular complexity index is 641. The number of carbonyl (C=O) groups excluding carboxylic acids is 1. The van der Waals surface area contributed by atoms with E-state index < -0.39 is 0 Å². The molecule has 0 unspecified atom stereocenters. The Kier molecular flexibility index (Phi) is 8.28. The van der Waals surface area contributed by atoms with E-state index in [4.69, 9.17) is 5.73 Å². The Morgan fingerprint density at radius 1 is 1.24 bits per heavy atom. The topological polar surface area (TPSA) is 98.7 Å². The van der Waals surface area contributed by atoms with Crippen LogP contribution in [0.15, 0.2) is 31.0 Å². The van der Waals surface area contributed by atoms with Gasteiger partial charge in [0.15, 0.2) is 5.82 Å². The maximum atomic E-state index is 12.3. The molecule has 1 aliphatic rings. The summed E-state index contributed by atoms with van der Waals surface area (Å²) in [5, 5.41) is 6.93. The molecule has 1 saturated carbocycles. The van der Waals surface area contributed by atoms with Crippen molar-refractivity contribution in [1.29, 1.82) is 0 Å². The zero-order chi connectivity index (χ0) is 16.1. The lowest BCUT2D eigenvalue weighted by atomic mass is 9.71. The van der Waals surface area contributed by atoms with Gasteiger partial charge in [-0.25, -0.2) is 14.6 Å². The van der Waals surface area contributed by atoms with Gasteiger partial charge in [0.2, 0.25) is 5.91 Å². The summed E-state index contributed by atoms with van der Waals surface area (Å²) in [7, 11) is 0. The molecule has 0 radical (unpaired) electrons. The van der Waals surface area contributed by atoms with E-state index in [1.807, 2.05) is 6.07 Å². The lowest BCUT2D eigenvalue weighted by Crippen LogP contribution is -2.36. The van der Waals surface area contributed by atoms with Crippen LogP contribution in [0, 0.1) is 5.41 Å². The molecule has 0 saturated heterocycles. The Labute approximate surface area is 159 Å². The molecule has 2 aromatic rings. The molecule has 2 heterocycles. The first-order valence-corrected chi connectivity index (χ1v) is 8.02. The molecule has 0 aromatic carbocycles. The molecule has 1 amide bonds. The first kappa shape index (κ1) is 21.3. The number of anilines is 1. The second-order valence-electron chi connectivity index (χ2n) is 6.23. The van der Waals surface area contributed by atoms with Crippen LogP contribution < -0.4 is 11.1 Å². The van der Waals surface area contributed by atoms with Crippen molar-refractivity contribution in [3.05, 3.63) is 31.0 Å². The van der Waals surface area contributed by atoms with Crippen molar-refractivity contribution in [1.82, 2.24) is 19.7 Å². The highest BCUT2D eigenvalue weighted by atomic mass is 35.5. The van der Waals surface area contributed by atoms with Crippen molar-refractivity contribution in [3.63, 3.8) is 0 Å². The fourth-order valence-electron chi connectivity index (χ4n) is 3.22. The van der Waals surface area contributed by atoms with Crippen LogP contribution in [-0.2, 0) is 4.79 Å². The number of pyridine rings is 1. The van der Waals surface area contributed by atoms with Gasteiger partial charge >= 0.3 is 0 Å². The molecular formula is C16H24Cl2N6O. The van der Waals surface area contributed by atoms with Crippen molar-refractivity contribution >= 4 is 36.4 Å². The van der Waals surface area contributed by atoms with Crippen LogP contribution in [0.1, 0.15) is 38.5 Å². The summed E-state index contributed by atoms with van der Waals surface area (Å²) in [5.41, 5.74) is 6.60. The average Bonchev–Trinajstić information content (AvgIpc) is 3.11. The summed E-state index contributed by atoms with van der Waals surface area (Å²) in [5.74, 6) is 0.666. The van der Waals surface area contributed by atoms with Crippen LogP contribution in [0.4, 0.5) is 5.69 Å². The number of amides is 1. The molecule has 7 nitrogen and oxygen atoms in total. The number of nitrogens with zero attached hydrogens (tertiary/aromatic N) is 4. The average molecular weight is 387 g/mol. The number of nitrogens with one attached hydrogen (secondary N) is 1. The van der Waals surface area contributed by atoms with Crippen LogP contribution in [-0.4, -0.2) is 32.2 Å². The maximum absolute atomic E-state index is 12.3. The summed E-state index contributed by atoms with van der Waals surface area (Å²) in [6.07, 6.45) is 10.8. The van der Waals surface area contributed by atoms with E-state index in [0.29, 0.717) is 24.5 Å². The van der Waals surface area contributed by atoms with Crippen molar-refractivity contribution < 1.29 is 4.79 Å². The van der Waals surface area contributed by atoms with Gasteiger partial charge in [0, 0.05) is 6.42 Å². The third-order valence-electron chi connectivity index (χ3n) is 4.57. The molecule has 3 rings (SSSR count). The number of aromatic nitrogens is 4. The highest BCUT2D eigenvalue weighted by Crippen LogP contribution is 2.38. The summed E-state index contributed by atoms with van der Waals surface area (Å²) in [4.78, 5) is 20.5. The normalized spacial score (nSPS) is 15.6. The van der Waals surface area contributed by atoms with Crippen LogP contribution in [0.2, 0.25) is 0 Å². The van der Waals surface area contributed by atoms with Gasteiger partial charge in [0.1, 0.15) is 12.7 Å². The van der Waals surface area contributed by atoms with E-state index in [9.17, 15) is 4.79 Å². The number of rotatable bonds is 5.